The van der Waals surface area contributed by atoms with E-state index < -0.39 is 18.1 Å². The fraction of sp³-hybridized carbons (Fsp3) is 0.417. The molecule has 0 fully saturated rings. The molecule has 5 nitrogen and oxygen atoms in total. The molecule has 1 aromatic rings. The Hall–Kier alpha value is -1.54. The van der Waals surface area contributed by atoms with Gasteiger partial charge in [0.2, 0.25) is 0 Å². The zero-order valence-electron chi connectivity index (χ0n) is 11.3. The summed E-state index contributed by atoms with van der Waals surface area (Å²) in [5.41, 5.74) is 0. The van der Waals surface area contributed by atoms with Crippen molar-refractivity contribution in [2.45, 2.75) is 32.0 Å². The standard InChI is InChI=1S/C12H11Cl2F3N2O3/c1-5(2)18-10(20)19-12(11(15,16)17)21-8-3-6(13)7(14)4-9(8)22-12/h3-5H,1-2H3,(H2,18,19,20). The summed E-state index contributed by atoms with van der Waals surface area (Å²) in [4.78, 5) is 11.6. The Bertz CT molecular complexity index is 577. The molecule has 122 valence electrons. The number of benzene rings is 1. The Kier molecular flexibility index (Phi) is 4.27. The van der Waals surface area contributed by atoms with Gasteiger partial charge in [0.05, 0.1) is 10.0 Å². The molecule has 0 saturated carbocycles. The van der Waals surface area contributed by atoms with Crippen molar-refractivity contribution in [1.82, 2.24) is 10.6 Å². The van der Waals surface area contributed by atoms with Crippen LogP contribution in [0.3, 0.4) is 0 Å². The molecule has 0 radical (unpaired) electrons. The number of carbonyl (C=O) groups excluding carboxylic acids is 1. The number of hydrogen-bond acceptors (Lipinski definition) is 3. The first-order valence-electron chi connectivity index (χ1n) is 6.06. The van der Waals surface area contributed by atoms with Gasteiger partial charge in [0.25, 0.3) is 0 Å². The molecular formula is C12H11Cl2F3N2O3. The molecule has 0 atom stereocenters. The average Bonchev–Trinajstić information content (AvgIpc) is 2.66. The number of amides is 2. The molecule has 0 saturated heterocycles. The van der Waals surface area contributed by atoms with Crippen LogP contribution in [0, 0.1) is 0 Å². The third kappa shape index (κ3) is 3.12. The number of nitrogens with one attached hydrogen (secondary N) is 2. The van der Waals surface area contributed by atoms with Gasteiger partial charge in [0.1, 0.15) is 0 Å². The third-order valence-electron chi connectivity index (χ3n) is 2.57. The van der Waals surface area contributed by atoms with Crippen molar-refractivity contribution >= 4 is 29.2 Å². The number of hydrogen-bond donors (Lipinski definition) is 2. The van der Waals surface area contributed by atoms with Gasteiger partial charge in [-0.05, 0) is 13.8 Å². The summed E-state index contributed by atoms with van der Waals surface area (Å²) in [6.45, 7) is 3.18. The fourth-order valence-corrected chi connectivity index (χ4v) is 1.99. The molecule has 2 rings (SSSR count). The molecule has 1 aliphatic heterocycles. The number of urea groups is 1. The number of carbonyl (C=O) groups is 1. The first-order valence-corrected chi connectivity index (χ1v) is 6.82. The molecule has 2 amide bonds. The van der Waals surface area contributed by atoms with Gasteiger partial charge in [-0.15, -0.1) is 0 Å². The highest BCUT2D eigenvalue weighted by molar-refractivity contribution is 6.42. The van der Waals surface area contributed by atoms with Crippen molar-refractivity contribution in [3.63, 3.8) is 0 Å². The molecule has 0 aliphatic carbocycles. The quantitative estimate of drug-likeness (QED) is 0.847. The van der Waals surface area contributed by atoms with Crippen molar-refractivity contribution in [2.24, 2.45) is 0 Å². The molecule has 10 heteroatoms. The minimum atomic E-state index is -5.04. The molecule has 1 aliphatic rings. The maximum absolute atomic E-state index is 13.3. The lowest BCUT2D eigenvalue weighted by molar-refractivity contribution is -0.317. The van der Waals surface area contributed by atoms with Gasteiger partial charge in [-0.25, -0.2) is 4.79 Å². The highest BCUT2D eigenvalue weighted by atomic mass is 35.5. The largest absolute Gasteiger partial charge is 0.492 e. The highest BCUT2D eigenvalue weighted by Crippen LogP contribution is 2.47. The average molecular weight is 359 g/mol. The van der Waals surface area contributed by atoms with E-state index in [1.165, 1.54) is 0 Å². The van der Waals surface area contributed by atoms with E-state index in [1.807, 2.05) is 0 Å². The van der Waals surface area contributed by atoms with Crippen molar-refractivity contribution in [3.8, 4) is 11.5 Å². The van der Waals surface area contributed by atoms with Crippen molar-refractivity contribution in [3.05, 3.63) is 22.2 Å². The van der Waals surface area contributed by atoms with Crippen molar-refractivity contribution in [2.75, 3.05) is 0 Å². The van der Waals surface area contributed by atoms with Gasteiger partial charge in [-0.1, -0.05) is 23.2 Å². The molecule has 0 spiro atoms. The Morgan fingerprint density at radius 3 is 2.00 bits per heavy atom. The first kappa shape index (κ1) is 16.8. The van der Waals surface area contributed by atoms with E-state index in [1.54, 1.807) is 19.2 Å². The Morgan fingerprint density at radius 2 is 1.64 bits per heavy atom. The summed E-state index contributed by atoms with van der Waals surface area (Å²) < 4.78 is 49.5. The second-order valence-electron chi connectivity index (χ2n) is 4.78. The lowest BCUT2D eigenvalue weighted by atomic mass is 10.3. The lowest BCUT2D eigenvalue weighted by Gasteiger charge is -2.30. The summed E-state index contributed by atoms with van der Waals surface area (Å²) >= 11 is 11.5. The Balaban J connectivity index is 2.33. The van der Waals surface area contributed by atoms with Gasteiger partial charge in [-0.2, -0.15) is 13.2 Å². The van der Waals surface area contributed by atoms with Gasteiger partial charge in [-0.3, -0.25) is 5.32 Å². The predicted octanol–water partition coefficient (Wildman–Crippen LogP) is 3.69. The number of fused-ring (bicyclic) bond motifs is 1. The van der Waals surface area contributed by atoms with Crippen LogP contribution in [0.1, 0.15) is 13.8 Å². The number of rotatable bonds is 2. The molecule has 0 unspecified atom stereocenters. The van der Waals surface area contributed by atoms with Gasteiger partial charge in [0, 0.05) is 18.2 Å². The summed E-state index contributed by atoms with van der Waals surface area (Å²) in [5, 5.41) is 3.89. The van der Waals surface area contributed by atoms with Crippen molar-refractivity contribution < 1.29 is 27.4 Å². The van der Waals surface area contributed by atoms with Crippen LogP contribution in [0.25, 0.3) is 0 Å². The second-order valence-corrected chi connectivity index (χ2v) is 5.60. The zero-order chi connectivity index (χ0) is 16.7. The molecule has 1 aromatic carbocycles. The van der Waals surface area contributed by atoms with Crippen LogP contribution >= 0.6 is 23.2 Å². The maximum Gasteiger partial charge on any atom is 0.492 e. The SMILES string of the molecule is CC(C)NC(=O)NC1(C(F)(F)F)Oc2cc(Cl)c(Cl)cc2O1. The van der Waals surface area contributed by atoms with Crippen LogP contribution in [0.15, 0.2) is 12.1 Å². The van der Waals surface area contributed by atoms with Gasteiger partial charge in [0.15, 0.2) is 11.5 Å². The lowest BCUT2D eigenvalue weighted by Crippen LogP contribution is -2.66. The smallest absolute Gasteiger partial charge is 0.424 e. The summed E-state index contributed by atoms with van der Waals surface area (Å²) in [7, 11) is 0. The summed E-state index contributed by atoms with van der Waals surface area (Å²) in [5.74, 6) is -3.91. The second kappa shape index (κ2) is 5.58. The van der Waals surface area contributed by atoms with Gasteiger partial charge < -0.3 is 14.8 Å². The summed E-state index contributed by atoms with van der Waals surface area (Å²) in [6.07, 6.45) is -5.04. The Labute approximate surface area is 133 Å². The van der Waals surface area contributed by atoms with Crippen LogP contribution in [-0.2, 0) is 0 Å². The molecule has 0 aromatic heterocycles. The van der Waals surface area contributed by atoms with E-state index >= 15 is 0 Å². The molecule has 2 N–H and O–H groups in total. The molecule has 22 heavy (non-hydrogen) atoms. The number of alkyl halides is 3. The zero-order valence-corrected chi connectivity index (χ0v) is 12.9. The van der Waals surface area contributed by atoms with Crippen LogP contribution < -0.4 is 20.1 Å². The maximum atomic E-state index is 13.3. The van der Waals surface area contributed by atoms with E-state index in [9.17, 15) is 18.0 Å². The van der Waals surface area contributed by atoms with E-state index in [0.717, 1.165) is 12.1 Å². The van der Waals surface area contributed by atoms with E-state index in [-0.39, 0.29) is 27.6 Å². The predicted molar refractivity (Wildman–Crippen MR) is 73.3 cm³/mol. The summed E-state index contributed by atoms with van der Waals surface area (Å²) in [6, 6.07) is 0.680. The Morgan fingerprint density at radius 1 is 1.18 bits per heavy atom. The van der Waals surface area contributed by atoms with E-state index in [0.29, 0.717) is 0 Å². The monoisotopic (exact) mass is 358 g/mol. The van der Waals surface area contributed by atoms with E-state index in [4.69, 9.17) is 32.7 Å². The minimum absolute atomic E-state index is 0.00590. The van der Waals surface area contributed by atoms with Crippen LogP contribution in [0.5, 0.6) is 11.5 Å². The highest BCUT2D eigenvalue weighted by Gasteiger charge is 2.65. The normalized spacial score (nSPS) is 15.8. The minimum Gasteiger partial charge on any atom is -0.424 e. The third-order valence-corrected chi connectivity index (χ3v) is 3.29. The van der Waals surface area contributed by atoms with Crippen LogP contribution in [0.2, 0.25) is 10.0 Å². The molecular weight excluding hydrogens is 348 g/mol. The van der Waals surface area contributed by atoms with Crippen molar-refractivity contribution in [1.29, 1.82) is 0 Å². The number of ether oxygens (including phenoxy) is 2. The van der Waals surface area contributed by atoms with Gasteiger partial charge >= 0.3 is 18.1 Å². The molecule has 0 bridgehead atoms. The topological polar surface area (TPSA) is 59.6 Å². The molecule has 1 heterocycles. The van der Waals surface area contributed by atoms with Crippen LogP contribution in [0.4, 0.5) is 18.0 Å². The first-order chi connectivity index (χ1) is 10.0. The van der Waals surface area contributed by atoms with E-state index in [2.05, 4.69) is 5.32 Å². The fourth-order valence-electron chi connectivity index (χ4n) is 1.69. The number of halogens is 5. The van der Waals surface area contributed by atoms with Crippen LogP contribution in [-0.4, -0.2) is 24.2 Å².